The van der Waals surface area contributed by atoms with Gasteiger partial charge in [-0.05, 0) is 87.7 Å². The number of carbonyl (C=O) groups is 1. The molecule has 184 valence electrons. The fraction of sp³-hybridized carbons (Fsp3) is 0.552. The minimum atomic E-state index is -0.231. The van der Waals surface area contributed by atoms with Gasteiger partial charge in [0.2, 0.25) is 0 Å². The van der Waals surface area contributed by atoms with E-state index in [0.29, 0.717) is 23.6 Å². The molecule has 5 heteroatoms. The molecule has 2 saturated heterocycles. The summed E-state index contributed by atoms with van der Waals surface area (Å²) in [7, 11) is 0. The number of halogens is 2. The van der Waals surface area contributed by atoms with E-state index in [1.165, 1.54) is 11.1 Å². The number of nitrogens with zero attached hydrogens (tertiary/aromatic N) is 2. The number of alkyl halides is 2. The third-order valence-corrected chi connectivity index (χ3v) is 8.45. The van der Waals surface area contributed by atoms with E-state index in [4.69, 9.17) is 23.2 Å². The monoisotopic (exact) mass is 500 g/mol. The second-order valence-electron chi connectivity index (χ2n) is 10.1. The molecule has 2 aromatic carbocycles. The van der Waals surface area contributed by atoms with Crippen molar-refractivity contribution in [3.63, 3.8) is 0 Å². The molecule has 4 rings (SSSR count). The molecule has 2 aliphatic heterocycles. The molecule has 0 saturated carbocycles. The van der Waals surface area contributed by atoms with Crippen LogP contribution in [0.25, 0.3) is 0 Å². The van der Waals surface area contributed by atoms with Crippen LogP contribution >= 0.6 is 23.2 Å². The Hall–Kier alpha value is -1.39. The van der Waals surface area contributed by atoms with E-state index in [1.807, 2.05) is 0 Å². The molecule has 2 heterocycles. The van der Waals surface area contributed by atoms with E-state index in [9.17, 15) is 4.79 Å². The minimum Gasteiger partial charge on any atom is -0.296 e. The molecule has 34 heavy (non-hydrogen) atoms. The average molecular weight is 502 g/mol. The van der Waals surface area contributed by atoms with Crippen LogP contribution in [0.15, 0.2) is 60.7 Å². The largest absolute Gasteiger partial charge is 0.296 e. The van der Waals surface area contributed by atoms with Gasteiger partial charge in [-0.25, -0.2) is 0 Å². The Balaban J connectivity index is 1.28. The zero-order chi connectivity index (χ0) is 23.8. The highest BCUT2D eigenvalue weighted by Gasteiger charge is 2.36. The van der Waals surface area contributed by atoms with Crippen LogP contribution in [-0.2, 0) is 17.6 Å². The summed E-state index contributed by atoms with van der Waals surface area (Å²) in [6.07, 6.45) is 6.71. The van der Waals surface area contributed by atoms with Crippen molar-refractivity contribution in [3.8, 4) is 0 Å². The highest BCUT2D eigenvalue weighted by molar-refractivity contribution is 6.22. The lowest BCUT2D eigenvalue weighted by molar-refractivity contribution is -0.129. The van der Waals surface area contributed by atoms with Crippen LogP contribution in [-0.4, -0.2) is 65.6 Å². The normalized spacial score (nSPS) is 20.8. The number of Topliss-reactive ketones (excluding diaryl/α,β-unsaturated/α-hetero) is 1. The van der Waals surface area contributed by atoms with Crippen molar-refractivity contribution in [1.29, 1.82) is 0 Å². The minimum absolute atomic E-state index is 0.216. The first-order chi connectivity index (χ1) is 16.7. The Morgan fingerprint density at radius 1 is 0.676 bits per heavy atom. The summed E-state index contributed by atoms with van der Waals surface area (Å²) >= 11 is 12.8. The van der Waals surface area contributed by atoms with Gasteiger partial charge in [0.05, 0.1) is 12.1 Å². The predicted octanol–water partition coefficient (Wildman–Crippen LogP) is 5.68. The van der Waals surface area contributed by atoms with E-state index in [-0.39, 0.29) is 17.9 Å². The summed E-state index contributed by atoms with van der Waals surface area (Å²) in [4.78, 5) is 18.2. The maximum absolute atomic E-state index is 13.6. The number of piperidine rings is 2. The smallest absolute Gasteiger partial charge is 0.169 e. The topological polar surface area (TPSA) is 23.6 Å². The van der Waals surface area contributed by atoms with Crippen LogP contribution < -0.4 is 0 Å². The molecule has 0 aromatic heterocycles. The zero-order valence-corrected chi connectivity index (χ0v) is 21.6. The molecule has 2 aromatic rings. The Morgan fingerprint density at radius 2 is 1.03 bits per heavy atom. The van der Waals surface area contributed by atoms with Crippen molar-refractivity contribution < 1.29 is 4.79 Å². The van der Waals surface area contributed by atoms with Crippen LogP contribution in [0, 0.1) is 11.8 Å². The maximum atomic E-state index is 13.6. The SMILES string of the molecule is O=C(C(CCl)N1CCC(Cc2ccccc2)CC1)C(CCl)N1CCC(Cc2ccccc2)CC1. The van der Waals surface area contributed by atoms with Crippen molar-refractivity contribution in [1.82, 2.24) is 9.80 Å². The molecule has 2 fully saturated rings. The van der Waals surface area contributed by atoms with Gasteiger partial charge < -0.3 is 0 Å². The molecular weight excluding hydrogens is 463 g/mol. The van der Waals surface area contributed by atoms with E-state index < -0.39 is 0 Å². The van der Waals surface area contributed by atoms with E-state index in [0.717, 1.165) is 64.7 Å². The number of benzene rings is 2. The molecule has 0 radical (unpaired) electrons. The molecule has 2 aliphatic rings. The van der Waals surface area contributed by atoms with E-state index in [1.54, 1.807) is 0 Å². The van der Waals surface area contributed by atoms with Crippen LogP contribution in [0.4, 0.5) is 0 Å². The fourth-order valence-corrected chi connectivity index (χ4v) is 6.46. The summed E-state index contributed by atoms with van der Waals surface area (Å²) in [6.45, 7) is 3.76. The Bertz CT molecular complexity index is 791. The van der Waals surface area contributed by atoms with Gasteiger partial charge in [-0.3, -0.25) is 14.6 Å². The summed E-state index contributed by atoms with van der Waals surface area (Å²) < 4.78 is 0. The lowest BCUT2D eigenvalue weighted by atomic mass is 9.88. The van der Waals surface area contributed by atoms with E-state index in [2.05, 4.69) is 70.5 Å². The highest BCUT2D eigenvalue weighted by Crippen LogP contribution is 2.27. The lowest BCUT2D eigenvalue weighted by Gasteiger charge is -2.41. The van der Waals surface area contributed by atoms with Gasteiger partial charge in [0.1, 0.15) is 0 Å². The zero-order valence-electron chi connectivity index (χ0n) is 20.1. The third kappa shape index (κ3) is 6.85. The number of rotatable bonds is 10. The number of hydrogen-bond donors (Lipinski definition) is 0. The van der Waals surface area contributed by atoms with Crippen molar-refractivity contribution in [2.75, 3.05) is 37.9 Å². The van der Waals surface area contributed by atoms with Gasteiger partial charge in [0.25, 0.3) is 0 Å². The van der Waals surface area contributed by atoms with Crippen LogP contribution in [0.1, 0.15) is 36.8 Å². The molecule has 0 aliphatic carbocycles. The van der Waals surface area contributed by atoms with Gasteiger partial charge in [0, 0.05) is 11.8 Å². The average Bonchev–Trinajstić information content (AvgIpc) is 2.88. The number of hydrogen-bond acceptors (Lipinski definition) is 3. The van der Waals surface area contributed by atoms with E-state index >= 15 is 0 Å². The summed E-state index contributed by atoms with van der Waals surface area (Å²) in [5, 5.41) is 0. The summed E-state index contributed by atoms with van der Waals surface area (Å²) in [5.74, 6) is 2.27. The maximum Gasteiger partial charge on any atom is 0.169 e. The van der Waals surface area contributed by atoms with Gasteiger partial charge in [0.15, 0.2) is 5.78 Å². The quantitative estimate of drug-likeness (QED) is 0.392. The van der Waals surface area contributed by atoms with Gasteiger partial charge in [-0.2, -0.15) is 0 Å². The van der Waals surface area contributed by atoms with Gasteiger partial charge >= 0.3 is 0 Å². The first kappa shape index (κ1) is 25.7. The first-order valence-electron chi connectivity index (χ1n) is 12.9. The molecule has 3 nitrogen and oxygen atoms in total. The third-order valence-electron chi connectivity index (χ3n) is 7.86. The first-order valence-corrected chi connectivity index (χ1v) is 14.0. The summed E-state index contributed by atoms with van der Waals surface area (Å²) in [6, 6.07) is 21.0. The second-order valence-corrected chi connectivity index (χ2v) is 10.7. The highest BCUT2D eigenvalue weighted by atomic mass is 35.5. The van der Waals surface area contributed by atoms with Crippen molar-refractivity contribution in [2.24, 2.45) is 11.8 Å². The Kier molecular flexibility index (Phi) is 9.87. The summed E-state index contributed by atoms with van der Waals surface area (Å²) in [5.41, 5.74) is 2.81. The molecular formula is C29H38Cl2N2O. The van der Waals surface area contributed by atoms with Crippen LogP contribution in [0.2, 0.25) is 0 Å². The molecule has 0 bridgehead atoms. The van der Waals surface area contributed by atoms with Gasteiger partial charge in [-0.1, -0.05) is 60.7 Å². The van der Waals surface area contributed by atoms with Crippen molar-refractivity contribution >= 4 is 29.0 Å². The molecule has 2 unspecified atom stereocenters. The molecule has 2 atom stereocenters. The predicted molar refractivity (Wildman–Crippen MR) is 143 cm³/mol. The second kappa shape index (κ2) is 13.1. The number of ketones is 1. The molecule has 0 N–H and O–H groups in total. The lowest BCUT2D eigenvalue weighted by Crippen LogP contribution is -2.56. The van der Waals surface area contributed by atoms with Crippen LogP contribution in [0.3, 0.4) is 0 Å². The number of likely N-dealkylation sites (tertiary alicyclic amines) is 2. The van der Waals surface area contributed by atoms with Gasteiger partial charge in [-0.15, -0.1) is 23.2 Å². The Labute approximate surface area is 215 Å². The standard InChI is InChI=1S/C29H38Cl2N2O/c30-21-27(32-15-11-25(12-16-32)19-23-7-3-1-4-8-23)29(34)28(22-31)33-17-13-26(14-18-33)20-24-9-5-2-6-10-24/h1-10,25-28H,11-22H2. The number of carbonyl (C=O) groups excluding carboxylic acids is 1. The molecule has 0 spiro atoms. The van der Waals surface area contributed by atoms with Crippen LogP contribution in [0.5, 0.6) is 0 Å². The molecule has 0 amide bonds. The van der Waals surface area contributed by atoms with Crippen molar-refractivity contribution in [3.05, 3.63) is 71.8 Å². The Morgan fingerprint density at radius 3 is 1.35 bits per heavy atom. The van der Waals surface area contributed by atoms with Crippen molar-refractivity contribution in [2.45, 2.75) is 50.6 Å². The fourth-order valence-electron chi connectivity index (χ4n) is 5.76.